The maximum Gasteiger partial charge on any atom is 0.436 e. The third-order valence-electron chi connectivity index (χ3n) is 7.09. The van der Waals surface area contributed by atoms with Crippen LogP contribution in [0.25, 0.3) is 0 Å². The minimum atomic E-state index is -0.966. The number of amidine groups is 1. The minimum Gasteiger partial charge on any atom is -0.362 e. The fourth-order valence-electron chi connectivity index (χ4n) is 5.09. The van der Waals surface area contributed by atoms with E-state index in [1.807, 2.05) is 36.9 Å². The smallest absolute Gasteiger partial charge is 0.362 e. The van der Waals surface area contributed by atoms with Crippen molar-refractivity contribution in [3.63, 3.8) is 0 Å². The lowest BCUT2D eigenvalue weighted by atomic mass is 9.91. The van der Waals surface area contributed by atoms with E-state index in [0.717, 1.165) is 30.4 Å². The molecule has 0 radical (unpaired) electrons. The Bertz CT molecular complexity index is 1210. The van der Waals surface area contributed by atoms with Crippen molar-refractivity contribution in [2.24, 2.45) is 5.16 Å². The van der Waals surface area contributed by atoms with Gasteiger partial charge in [0.15, 0.2) is 0 Å². The monoisotopic (exact) mass is 526 g/mol. The molecular weight excluding hydrogens is 496 g/mol. The average Bonchev–Trinajstić information content (AvgIpc) is 3.22. The SMILES string of the molecule is Cc1ccc(NC(=O)ON2C(C(=O)N3CCN(c4ncccc4Cl)CC3)=NOC23CCCCC3)c(C)c1. The summed E-state index contributed by atoms with van der Waals surface area (Å²) in [5, 5.41) is 8.81. The van der Waals surface area contributed by atoms with Crippen molar-refractivity contribution < 1.29 is 19.3 Å². The maximum atomic E-state index is 13.6. The molecule has 1 N–H and O–H groups in total. The number of hydrogen-bond donors (Lipinski definition) is 1. The van der Waals surface area contributed by atoms with E-state index in [0.29, 0.717) is 55.5 Å². The molecule has 196 valence electrons. The van der Waals surface area contributed by atoms with Crippen LogP contribution in [0.15, 0.2) is 41.7 Å². The van der Waals surface area contributed by atoms with Gasteiger partial charge in [0.2, 0.25) is 5.72 Å². The number of nitrogens with zero attached hydrogens (tertiary/aromatic N) is 5. The van der Waals surface area contributed by atoms with E-state index in [4.69, 9.17) is 21.3 Å². The van der Waals surface area contributed by atoms with Gasteiger partial charge in [0.1, 0.15) is 5.82 Å². The van der Waals surface area contributed by atoms with Gasteiger partial charge in [-0.1, -0.05) is 40.9 Å². The Morgan fingerprint density at radius 3 is 2.54 bits per heavy atom. The van der Waals surface area contributed by atoms with Gasteiger partial charge in [-0.05, 0) is 50.5 Å². The van der Waals surface area contributed by atoms with Gasteiger partial charge in [-0.3, -0.25) is 10.1 Å². The molecule has 2 amide bonds. The molecule has 1 aromatic carbocycles. The first-order valence-corrected chi connectivity index (χ1v) is 13.0. The van der Waals surface area contributed by atoms with E-state index in [1.165, 1.54) is 5.06 Å². The summed E-state index contributed by atoms with van der Waals surface area (Å²) in [7, 11) is 0. The first-order chi connectivity index (χ1) is 17.9. The van der Waals surface area contributed by atoms with Crippen molar-refractivity contribution >= 4 is 40.9 Å². The molecule has 1 aliphatic carbocycles. The number of carbonyl (C=O) groups excluding carboxylic acids is 2. The van der Waals surface area contributed by atoms with Gasteiger partial charge >= 0.3 is 6.09 Å². The molecule has 3 heterocycles. The Morgan fingerprint density at radius 1 is 1.08 bits per heavy atom. The standard InChI is InChI=1S/C26H31ClN6O4/c1-18-8-9-21(19(2)17-18)29-25(35)36-33-23(30-37-26(33)10-4-3-5-11-26)24(34)32-15-13-31(14-16-32)22-20(27)7-6-12-28-22/h6-9,12,17H,3-5,10-11,13-16H2,1-2H3,(H,29,35). The molecule has 37 heavy (non-hydrogen) atoms. The Labute approximate surface area is 221 Å². The predicted octanol–water partition coefficient (Wildman–Crippen LogP) is 4.47. The van der Waals surface area contributed by atoms with Gasteiger partial charge in [0.05, 0.1) is 5.02 Å². The zero-order chi connectivity index (χ0) is 26.0. The third kappa shape index (κ3) is 5.16. The van der Waals surface area contributed by atoms with Gasteiger partial charge in [0.25, 0.3) is 11.7 Å². The van der Waals surface area contributed by atoms with Gasteiger partial charge < -0.3 is 19.5 Å². The molecule has 1 saturated carbocycles. The Kier molecular flexibility index (Phi) is 7.10. The molecule has 1 saturated heterocycles. The van der Waals surface area contributed by atoms with E-state index in [-0.39, 0.29) is 11.7 Å². The number of aryl methyl sites for hydroxylation is 2. The zero-order valence-corrected chi connectivity index (χ0v) is 21.8. The number of amides is 2. The van der Waals surface area contributed by atoms with E-state index in [1.54, 1.807) is 23.2 Å². The predicted molar refractivity (Wildman–Crippen MR) is 140 cm³/mol. The van der Waals surface area contributed by atoms with Gasteiger partial charge in [-0.15, -0.1) is 5.06 Å². The molecule has 0 unspecified atom stereocenters. The molecule has 1 aromatic heterocycles. The van der Waals surface area contributed by atoms with Crippen LogP contribution in [0.3, 0.4) is 0 Å². The summed E-state index contributed by atoms with van der Waals surface area (Å²) in [6.07, 6.45) is 5.04. The summed E-state index contributed by atoms with van der Waals surface area (Å²) in [6, 6.07) is 9.31. The van der Waals surface area contributed by atoms with E-state index < -0.39 is 11.8 Å². The quantitative estimate of drug-likeness (QED) is 0.627. The Balaban J connectivity index is 1.29. The highest BCUT2D eigenvalue weighted by Crippen LogP contribution is 2.39. The highest BCUT2D eigenvalue weighted by Gasteiger charge is 2.52. The Hall–Kier alpha value is -3.53. The number of hydroxylamine groups is 2. The summed E-state index contributed by atoms with van der Waals surface area (Å²) < 4.78 is 0. The summed E-state index contributed by atoms with van der Waals surface area (Å²) in [4.78, 5) is 46.3. The maximum absolute atomic E-state index is 13.6. The van der Waals surface area contributed by atoms with Gasteiger partial charge in [0, 0.05) is 50.9 Å². The van der Waals surface area contributed by atoms with Gasteiger partial charge in [-0.2, -0.15) is 0 Å². The van der Waals surface area contributed by atoms with Crippen molar-refractivity contribution in [2.75, 3.05) is 36.4 Å². The second-order valence-corrected chi connectivity index (χ2v) is 10.1. The van der Waals surface area contributed by atoms with Crippen LogP contribution in [0.1, 0.15) is 43.2 Å². The van der Waals surface area contributed by atoms with Crippen LogP contribution in [-0.2, 0) is 14.5 Å². The molecular formula is C26H31ClN6O4. The fourth-order valence-corrected chi connectivity index (χ4v) is 5.33. The van der Waals surface area contributed by atoms with E-state index >= 15 is 0 Å². The largest absolute Gasteiger partial charge is 0.436 e. The molecule has 2 aliphatic heterocycles. The molecule has 3 aliphatic rings. The average molecular weight is 527 g/mol. The number of benzene rings is 1. The minimum absolute atomic E-state index is 0.0120. The number of carbonyl (C=O) groups is 2. The Morgan fingerprint density at radius 2 is 1.84 bits per heavy atom. The first-order valence-electron chi connectivity index (χ1n) is 12.6. The summed E-state index contributed by atoms with van der Waals surface area (Å²) in [5.74, 6) is 0.350. The number of pyridine rings is 1. The van der Waals surface area contributed by atoms with Crippen molar-refractivity contribution in [1.29, 1.82) is 0 Å². The van der Waals surface area contributed by atoms with E-state index in [2.05, 4.69) is 15.5 Å². The highest BCUT2D eigenvalue weighted by molar-refractivity contribution is 6.37. The lowest BCUT2D eigenvalue weighted by Crippen LogP contribution is -2.57. The molecule has 0 atom stereocenters. The van der Waals surface area contributed by atoms with Crippen LogP contribution in [0.2, 0.25) is 5.02 Å². The zero-order valence-electron chi connectivity index (χ0n) is 21.1. The van der Waals surface area contributed by atoms with Crippen LogP contribution in [0.5, 0.6) is 0 Å². The summed E-state index contributed by atoms with van der Waals surface area (Å²) >= 11 is 6.30. The second-order valence-electron chi connectivity index (χ2n) is 9.72. The number of anilines is 2. The number of nitrogens with one attached hydrogen (secondary N) is 1. The summed E-state index contributed by atoms with van der Waals surface area (Å²) in [5.41, 5.74) is 1.68. The number of oxime groups is 1. The lowest BCUT2D eigenvalue weighted by Gasteiger charge is -2.39. The van der Waals surface area contributed by atoms with Crippen LogP contribution in [0.4, 0.5) is 16.3 Å². The molecule has 11 heteroatoms. The van der Waals surface area contributed by atoms with E-state index in [9.17, 15) is 9.59 Å². The molecule has 2 fully saturated rings. The van der Waals surface area contributed by atoms with Crippen LogP contribution in [-0.4, -0.2) is 64.7 Å². The normalized spacial score (nSPS) is 18.9. The fraction of sp³-hybridized carbons (Fsp3) is 0.462. The first kappa shape index (κ1) is 25.1. The topological polar surface area (TPSA) is 99.6 Å². The van der Waals surface area contributed by atoms with Gasteiger partial charge in [-0.25, -0.2) is 9.78 Å². The summed E-state index contributed by atoms with van der Waals surface area (Å²) in [6.45, 7) is 5.92. The van der Waals surface area contributed by atoms with Crippen molar-refractivity contribution in [3.05, 3.63) is 52.7 Å². The molecule has 10 nitrogen and oxygen atoms in total. The number of hydrogen-bond acceptors (Lipinski definition) is 8. The number of rotatable bonds is 4. The molecule has 5 rings (SSSR count). The van der Waals surface area contributed by atoms with Crippen LogP contribution in [0, 0.1) is 13.8 Å². The van der Waals surface area contributed by atoms with Crippen molar-refractivity contribution in [3.8, 4) is 0 Å². The number of halogens is 1. The van der Waals surface area contributed by atoms with Crippen molar-refractivity contribution in [1.82, 2.24) is 14.9 Å². The highest BCUT2D eigenvalue weighted by atomic mass is 35.5. The van der Waals surface area contributed by atoms with Crippen molar-refractivity contribution in [2.45, 2.75) is 51.7 Å². The third-order valence-corrected chi connectivity index (χ3v) is 7.38. The molecule has 1 spiro atoms. The molecule has 2 aromatic rings. The van der Waals surface area contributed by atoms with Crippen LogP contribution >= 0.6 is 11.6 Å². The molecule has 0 bridgehead atoms. The number of piperazine rings is 1. The lowest BCUT2D eigenvalue weighted by molar-refractivity contribution is -0.225. The van der Waals surface area contributed by atoms with Crippen LogP contribution < -0.4 is 10.2 Å². The number of aromatic nitrogens is 1. The second kappa shape index (κ2) is 10.5.